The molecule has 7 heteroatoms. The van der Waals surface area contributed by atoms with E-state index in [2.05, 4.69) is 27.5 Å². The van der Waals surface area contributed by atoms with E-state index in [0.717, 1.165) is 49.4 Å². The molecule has 0 aromatic carbocycles. The predicted molar refractivity (Wildman–Crippen MR) is 84.3 cm³/mol. The van der Waals surface area contributed by atoms with Gasteiger partial charge in [-0.15, -0.1) is 15.3 Å². The molecule has 2 N–H and O–H groups in total. The van der Waals surface area contributed by atoms with Crippen LogP contribution in [0.4, 0.5) is 5.82 Å². The van der Waals surface area contributed by atoms with Crippen LogP contribution in [0.25, 0.3) is 5.65 Å². The Kier molecular flexibility index (Phi) is 3.43. The first-order valence-corrected chi connectivity index (χ1v) is 8.33. The second kappa shape index (κ2) is 5.47. The number of aliphatic carboxylic acids is 1. The van der Waals surface area contributed by atoms with Crippen molar-refractivity contribution in [2.75, 3.05) is 5.32 Å². The number of aromatic nitrogens is 4. The third-order valence-corrected chi connectivity index (χ3v) is 5.16. The molecule has 2 atom stereocenters. The van der Waals surface area contributed by atoms with E-state index < -0.39 is 5.97 Å². The summed E-state index contributed by atoms with van der Waals surface area (Å²) in [6.45, 7) is 2.22. The predicted octanol–water partition coefficient (Wildman–Crippen LogP) is 2.30. The van der Waals surface area contributed by atoms with E-state index in [-0.39, 0.29) is 12.0 Å². The van der Waals surface area contributed by atoms with Crippen molar-refractivity contribution < 1.29 is 9.90 Å². The molecule has 23 heavy (non-hydrogen) atoms. The molecule has 122 valence electrons. The molecule has 2 aromatic rings. The maximum absolute atomic E-state index is 11.0. The zero-order valence-electron chi connectivity index (χ0n) is 13.1. The lowest BCUT2D eigenvalue weighted by Gasteiger charge is -2.27. The summed E-state index contributed by atoms with van der Waals surface area (Å²) in [6.07, 6.45) is 4.34. The van der Waals surface area contributed by atoms with Gasteiger partial charge in [0.1, 0.15) is 5.82 Å². The average molecular weight is 315 g/mol. The van der Waals surface area contributed by atoms with Crippen LogP contribution >= 0.6 is 0 Å². The van der Waals surface area contributed by atoms with Gasteiger partial charge in [0.25, 0.3) is 0 Å². The molecule has 0 saturated heterocycles. The van der Waals surface area contributed by atoms with Crippen LogP contribution in [-0.2, 0) is 4.79 Å². The fourth-order valence-corrected chi connectivity index (χ4v) is 3.49. The fraction of sp³-hybridized carbons (Fsp3) is 0.625. The Morgan fingerprint density at radius 1 is 1.26 bits per heavy atom. The van der Waals surface area contributed by atoms with Gasteiger partial charge in [0.05, 0.1) is 5.92 Å². The molecule has 7 nitrogen and oxygen atoms in total. The Hall–Kier alpha value is -2.18. The minimum absolute atomic E-state index is 0.190. The Bertz CT molecular complexity index is 735. The van der Waals surface area contributed by atoms with E-state index in [1.165, 1.54) is 0 Å². The highest BCUT2D eigenvalue weighted by molar-refractivity contribution is 5.70. The van der Waals surface area contributed by atoms with E-state index in [9.17, 15) is 4.79 Å². The molecule has 2 aliphatic carbocycles. The molecule has 2 heterocycles. The Morgan fingerprint density at radius 2 is 2.00 bits per heavy atom. The van der Waals surface area contributed by atoms with Gasteiger partial charge in [-0.25, -0.2) is 0 Å². The molecule has 0 aliphatic heterocycles. The van der Waals surface area contributed by atoms with Crippen molar-refractivity contribution in [2.24, 2.45) is 11.8 Å². The highest BCUT2D eigenvalue weighted by atomic mass is 16.4. The van der Waals surface area contributed by atoms with Gasteiger partial charge in [0.2, 0.25) is 0 Å². The van der Waals surface area contributed by atoms with Crippen LogP contribution in [0, 0.1) is 11.8 Å². The number of carboxylic acid groups (broad SMARTS) is 1. The quantitative estimate of drug-likeness (QED) is 0.899. The van der Waals surface area contributed by atoms with E-state index in [0.29, 0.717) is 11.8 Å². The highest BCUT2D eigenvalue weighted by Crippen LogP contribution is 2.45. The molecular formula is C16H21N5O2. The summed E-state index contributed by atoms with van der Waals surface area (Å²) in [4.78, 5) is 11.0. The van der Waals surface area contributed by atoms with E-state index in [1.54, 1.807) is 0 Å². The number of nitrogens with zero attached hydrogens (tertiary/aromatic N) is 4. The zero-order valence-corrected chi connectivity index (χ0v) is 13.1. The lowest BCUT2D eigenvalue weighted by atomic mass is 9.86. The molecule has 0 amide bonds. The standard InChI is InChI=1S/C16H21N5O2/c1-9-8-12(9)15-19-18-14-7-6-13(20-21(14)15)17-11-4-2-10(3-5-11)16(22)23/h6-7,9-12H,2-5,8H2,1H3,(H,17,20)(H,22,23). The molecule has 2 aromatic heterocycles. The maximum atomic E-state index is 11.0. The number of carbonyl (C=O) groups is 1. The number of rotatable bonds is 4. The molecule has 0 spiro atoms. The normalized spacial score (nSPS) is 30.3. The van der Waals surface area contributed by atoms with Crippen molar-refractivity contribution in [3.05, 3.63) is 18.0 Å². The Labute approximate surface area is 134 Å². The van der Waals surface area contributed by atoms with Crippen molar-refractivity contribution in [2.45, 2.75) is 51.0 Å². The number of carboxylic acids is 1. The van der Waals surface area contributed by atoms with Crippen LogP contribution in [0.2, 0.25) is 0 Å². The fourth-order valence-electron chi connectivity index (χ4n) is 3.49. The van der Waals surface area contributed by atoms with E-state index >= 15 is 0 Å². The summed E-state index contributed by atoms with van der Waals surface area (Å²) >= 11 is 0. The van der Waals surface area contributed by atoms with Crippen molar-refractivity contribution in [1.29, 1.82) is 0 Å². The summed E-state index contributed by atoms with van der Waals surface area (Å²) in [7, 11) is 0. The number of hydrogen-bond donors (Lipinski definition) is 2. The van der Waals surface area contributed by atoms with Gasteiger partial charge < -0.3 is 10.4 Å². The van der Waals surface area contributed by atoms with Crippen molar-refractivity contribution >= 4 is 17.4 Å². The minimum Gasteiger partial charge on any atom is -0.481 e. The van der Waals surface area contributed by atoms with Crippen LogP contribution in [0.15, 0.2) is 12.1 Å². The van der Waals surface area contributed by atoms with Crippen LogP contribution in [0.3, 0.4) is 0 Å². The second-order valence-electron chi connectivity index (χ2n) is 6.90. The lowest BCUT2D eigenvalue weighted by Crippen LogP contribution is -2.29. The summed E-state index contributed by atoms with van der Waals surface area (Å²) in [6, 6.07) is 4.14. The molecule has 4 rings (SSSR count). The first-order chi connectivity index (χ1) is 11.1. The van der Waals surface area contributed by atoms with Crippen molar-refractivity contribution in [1.82, 2.24) is 19.8 Å². The summed E-state index contributed by atoms with van der Waals surface area (Å²) in [5, 5.41) is 25.6. The Balaban J connectivity index is 1.48. The van der Waals surface area contributed by atoms with E-state index in [1.807, 2.05) is 16.6 Å². The van der Waals surface area contributed by atoms with Crippen LogP contribution in [0.5, 0.6) is 0 Å². The lowest BCUT2D eigenvalue weighted by molar-refractivity contribution is -0.142. The summed E-state index contributed by atoms with van der Waals surface area (Å²) in [5.74, 6) is 2.03. The third-order valence-electron chi connectivity index (χ3n) is 5.16. The van der Waals surface area contributed by atoms with Gasteiger partial charge in [-0.2, -0.15) is 4.52 Å². The molecular weight excluding hydrogens is 294 g/mol. The SMILES string of the molecule is CC1CC1c1nnc2ccc(NC3CCC(C(=O)O)CC3)nn12. The van der Waals surface area contributed by atoms with Crippen LogP contribution in [0.1, 0.15) is 50.8 Å². The van der Waals surface area contributed by atoms with Crippen LogP contribution < -0.4 is 5.32 Å². The number of anilines is 1. The monoisotopic (exact) mass is 315 g/mol. The first-order valence-electron chi connectivity index (χ1n) is 8.33. The third kappa shape index (κ3) is 2.75. The topological polar surface area (TPSA) is 92.4 Å². The average Bonchev–Trinajstić information content (AvgIpc) is 3.12. The van der Waals surface area contributed by atoms with Gasteiger partial charge in [-0.3, -0.25) is 4.79 Å². The zero-order chi connectivity index (χ0) is 16.0. The van der Waals surface area contributed by atoms with Crippen molar-refractivity contribution in [3.63, 3.8) is 0 Å². The first kappa shape index (κ1) is 14.4. The number of fused-ring (bicyclic) bond motifs is 1. The van der Waals surface area contributed by atoms with Gasteiger partial charge in [0.15, 0.2) is 11.5 Å². The van der Waals surface area contributed by atoms with Gasteiger partial charge >= 0.3 is 5.97 Å². The van der Waals surface area contributed by atoms with Crippen molar-refractivity contribution in [3.8, 4) is 0 Å². The minimum atomic E-state index is -0.671. The smallest absolute Gasteiger partial charge is 0.306 e. The number of nitrogens with one attached hydrogen (secondary N) is 1. The molecule has 2 unspecified atom stereocenters. The van der Waals surface area contributed by atoms with Crippen LogP contribution in [-0.4, -0.2) is 36.9 Å². The molecule has 2 saturated carbocycles. The second-order valence-corrected chi connectivity index (χ2v) is 6.90. The summed E-state index contributed by atoms with van der Waals surface area (Å²) in [5.41, 5.74) is 0.777. The van der Waals surface area contributed by atoms with Gasteiger partial charge in [-0.05, 0) is 50.2 Å². The molecule has 2 aliphatic rings. The van der Waals surface area contributed by atoms with Gasteiger partial charge in [0, 0.05) is 12.0 Å². The van der Waals surface area contributed by atoms with Gasteiger partial charge in [-0.1, -0.05) is 6.92 Å². The summed E-state index contributed by atoms with van der Waals surface area (Å²) < 4.78 is 1.85. The highest BCUT2D eigenvalue weighted by Gasteiger charge is 2.38. The Morgan fingerprint density at radius 3 is 2.65 bits per heavy atom. The van der Waals surface area contributed by atoms with E-state index in [4.69, 9.17) is 5.11 Å². The molecule has 2 fully saturated rings. The number of hydrogen-bond acceptors (Lipinski definition) is 5. The maximum Gasteiger partial charge on any atom is 0.306 e. The largest absolute Gasteiger partial charge is 0.481 e. The molecule has 0 radical (unpaired) electrons. The molecule has 0 bridgehead atoms.